The smallest absolute Gasteiger partial charge is 0.337 e. The van der Waals surface area contributed by atoms with Gasteiger partial charge in [0.2, 0.25) is 0 Å². The van der Waals surface area contributed by atoms with E-state index in [1.165, 1.54) is 24.4 Å². The third-order valence-corrected chi connectivity index (χ3v) is 2.28. The van der Waals surface area contributed by atoms with Crippen LogP contribution in [0.4, 0.5) is 0 Å². The lowest BCUT2D eigenvalue weighted by molar-refractivity contribution is 0.0699. The summed E-state index contributed by atoms with van der Waals surface area (Å²) >= 11 is 5.72. The summed E-state index contributed by atoms with van der Waals surface area (Å²) in [5.74, 6) is -1.12. The number of aromatic amines is 1. The number of hydrogen-bond donors (Lipinski definition) is 2. The van der Waals surface area contributed by atoms with Gasteiger partial charge in [-0.2, -0.15) is 0 Å². The van der Waals surface area contributed by atoms with Gasteiger partial charge in [-0.25, -0.2) is 4.79 Å². The van der Waals surface area contributed by atoms with E-state index in [0.29, 0.717) is 5.52 Å². The Balaban J connectivity index is 2.99. The van der Waals surface area contributed by atoms with Gasteiger partial charge >= 0.3 is 5.97 Å². The molecule has 0 bridgehead atoms. The van der Waals surface area contributed by atoms with E-state index in [1.54, 1.807) is 0 Å². The van der Waals surface area contributed by atoms with E-state index in [2.05, 4.69) is 4.98 Å². The minimum absolute atomic E-state index is 0.00444. The summed E-state index contributed by atoms with van der Waals surface area (Å²) in [4.78, 5) is 25.1. The number of aromatic carboxylic acids is 1. The second-order valence-corrected chi connectivity index (χ2v) is 3.46. The molecule has 4 nitrogen and oxygen atoms in total. The maximum Gasteiger partial charge on any atom is 0.337 e. The summed E-state index contributed by atoms with van der Waals surface area (Å²) in [6.07, 6.45) is 1.41. The number of pyridine rings is 1. The summed E-state index contributed by atoms with van der Waals surface area (Å²) in [5, 5.41) is 9.43. The Hall–Kier alpha value is -1.81. The van der Waals surface area contributed by atoms with E-state index in [4.69, 9.17) is 16.7 Å². The zero-order chi connectivity index (χ0) is 11.0. The zero-order valence-electron chi connectivity index (χ0n) is 7.45. The fourth-order valence-corrected chi connectivity index (χ4v) is 1.63. The van der Waals surface area contributed by atoms with Gasteiger partial charge in [-0.05, 0) is 12.1 Å². The molecule has 1 heterocycles. The lowest BCUT2D eigenvalue weighted by Crippen LogP contribution is -2.05. The SMILES string of the molecule is O=C(O)c1cc(Cl)cc2c(=O)cc[nH]c12. The summed E-state index contributed by atoms with van der Waals surface area (Å²) in [5.41, 5.74) is 0.0309. The number of aromatic nitrogens is 1. The predicted octanol–water partition coefficient (Wildman–Crippen LogP) is 1.88. The van der Waals surface area contributed by atoms with Gasteiger partial charge in [0.1, 0.15) is 0 Å². The molecular weight excluding hydrogens is 218 g/mol. The third-order valence-electron chi connectivity index (χ3n) is 2.06. The van der Waals surface area contributed by atoms with Crippen LogP contribution in [0.15, 0.2) is 29.2 Å². The Morgan fingerprint density at radius 2 is 2.13 bits per heavy atom. The number of rotatable bonds is 1. The summed E-state index contributed by atoms with van der Waals surface area (Å²) in [6, 6.07) is 4.08. The molecule has 0 saturated heterocycles. The lowest BCUT2D eigenvalue weighted by Gasteiger charge is -2.02. The van der Waals surface area contributed by atoms with Crippen LogP contribution in [0.3, 0.4) is 0 Å². The Kier molecular flexibility index (Phi) is 2.21. The Morgan fingerprint density at radius 3 is 2.80 bits per heavy atom. The fraction of sp³-hybridized carbons (Fsp3) is 0. The van der Waals surface area contributed by atoms with Crippen molar-refractivity contribution >= 4 is 28.5 Å². The largest absolute Gasteiger partial charge is 0.478 e. The molecule has 2 rings (SSSR count). The molecule has 0 aliphatic rings. The van der Waals surface area contributed by atoms with Gasteiger partial charge < -0.3 is 10.1 Å². The van der Waals surface area contributed by atoms with Crippen LogP contribution in [0.1, 0.15) is 10.4 Å². The molecule has 0 unspecified atom stereocenters. The predicted molar refractivity (Wildman–Crippen MR) is 56.5 cm³/mol. The topological polar surface area (TPSA) is 70.2 Å². The molecule has 76 valence electrons. The Bertz CT molecular complexity index is 603. The van der Waals surface area contributed by atoms with Crippen LogP contribution in [-0.2, 0) is 0 Å². The van der Waals surface area contributed by atoms with Crippen LogP contribution in [0.5, 0.6) is 0 Å². The molecule has 2 N–H and O–H groups in total. The molecule has 15 heavy (non-hydrogen) atoms. The number of carbonyl (C=O) groups is 1. The highest BCUT2D eigenvalue weighted by molar-refractivity contribution is 6.32. The standard InChI is InChI=1S/C10H6ClNO3/c11-5-3-6-8(13)1-2-12-9(6)7(4-5)10(14)15/h1-4H,(H,12,13)(H,14,15). The first-order valence-electron chi connectivity index (χ1n) is 4.14. The van der Waals surface area contributed by atoms with Gasteiger partial charge in [-0.1, -0.05) is 11.6 Å². The second-order valence-electron chi connectivity index (χ2n) is 3.02. The van der Waals surface area contributed by atoms with E-state index >= 15 is 0 Å². The summed E-state index contributed by atoms with van der Waals surface area (Å²) in [6.45, 7) is 0. The number of H-pyrrole nitrogens is 1. The van der Waals surface area contributed by atoms with E-state index in [1.807, 2.05) is 0 Å². The van der Waals surface area contributed by atoms with Crippen molar-refractivity contribution in [2.45, 2.75) is 0 Å². The number of halogens is 1. The van der Waals surface area contributed by atoms with E-state index < -0.39 is 5.97 Å². The van der Waals surface area contributed by atoms with Gasteiger partial charge in [0.05, 0.1) is 11.1 Å². The quantitative estimate of drug-likeness (QED) is 0.776. The van der Waals surface area contributed by atoms with E-state index in [0.717, 1.165) is 0 Å². The molecule has 0 aliphatic carbocycles. The molecule has 1 aromatic carbocycles. The van der Waals surface area contributed by atoms with Crippen LogP contribution in [0.25, 0.3) is 10.9 Å². The number of carboxylic acid groups (broad SMARTS) is 1. The Labute approximate surface area is 89.1 Å². The summed E-state index contributed by atoms with van der Waals surface area (Å²) in [7, 11) is 0. The molecule has 0 fully saturated rings. The van der Waals surface area contributed by atoms with E-state index in [-0.39, 0.29) is 21.4 Å². The average molecular weight is 224 g/mol. The number of carboxylic acids is 1. The van der Waals surface area contributed by atoms with Crippen LogP contribution >= 0.6 is 11.6 Å². The van der Waals surface area contributed by atoms with Crippen LogP contribution < -0.4 is 5.43 Å². The normalized spacial score (nSPS) is 10.5. The van der Waals surface area contributed by atoms with E-state index in [9.17, 15) is 9.59 Å². The molecule has 0 saturated carbocycles. The van der Waals surface area contributed by atoms with Gasteiger partial charge in [-0.3, -0.25) is 4.79 Å². The van der Waals surface area contributed by atoms with Crippen molar-refractivity contribution in [2.24, 2.45) is 0 Å². The minimum atomic E-state index is -1.12. The van der Waals surface area contributed by atoms with Crippen molar-refractivity contribution in [3.8, 4) is 0 Å². The van der Waals surface area contributed by atoms with Crippen molar-refractivity contribution in [1.82, 2.24) is 4.98 Å². The number of hydrogen-bond acceptors (Lipinski definition) is 2. The lowest BCUT2D eigenvalue weighted by atomic mass is 10.1. The maximum atomic E-state index is 11.4. The van der Waals surface area contributed by atoms with Gasteiger partial charge in [0.15, 0.2) is 5.43 Å². The number of fused-ring (bicyclic) bond motifs is 1. The van der Waals surface area contributed by atoms with Crippen molar-refractivity contribution in [1.29, 1.82) is 0 Å². The van der Waals surface area contributed by atoms with Gasteiger partial charge in [0.25, 0.3) is 0 Å². The van der Waals surface area contributed by atoms with Gasteiger partial charge in [-0.15, -0.1) is 0 Å². The highest BCUT2D eigenvalue weighted by Crippen LogP contribution is 2.19. The first kappa shape index (κ1) is 9.73. The average Bonchev–Trinajstić information content (AvgIpc) is 2.18. The summed E-state index contributed by atoms with van der Waals surface area (Å²) < 4.78 is 0. The second kappa shape index (κ2) is 3.40. The number of nitrogens with one attached hydrogen (secondary N) is 1. The first-order valence-corrected chi connectivity index (χ1v) is 4.51. The molecule has 0 spiro atoms. The molecule has 0 amide bonds. The molecule has 5 heteroatoms. The van der Waals surface area contributed by atoms with Crippen molar-refractivity contribution in [2.75, 3.05) is 0 Å². The highest BCUT2D eigenvalue weighted by Gasteiger charge is 2.11. The molecule has 0 radical (unpaired) electrons. The zero-order valence-corrected chi connectivity index (χ0v) is 8.21. The molecule has 2 aromatic rings. The molecule has 0 atom stereocenters. The van der Waals surface area contributed by atoms with Crippen LogP contribution in [0, 0.1) is 0 Å². The monoisotopic (exact) mass is 223 g/mol. The van der Waals surface area contributed by atoms with Crippen molar-refractivity contribution in [3.05, 3.63) is 45.2 Å². The van der Waals surface area contributed by atoms with Crippen LogP contribution in [-0.4, -0.2) is 16.1 Å². The molecule has 0 aliphatic heterocycles. The van der Waals surface area contributed by atoms with Gasteiger partial charge in [0, 0.05) is 22.7 Å². The Morgan fingerprint density at radius 1 is 1.40 bits per heavy atom. The number of benzene rings is 1. The highest BCUT2D eigenvalue weighted by atomic mass is 35.5. The first-order chi connectivity index (χ1) is 7.09. The third kappa shape index (κ3) is 1.59. The van der Waals surface area contributed by atoms with Crippen molar-refractivity contribution in [3.63, 3.8) is 0 Å². The van der Waals surface area contributed by atoms with Crippen LogP contribution in [0.2, 0.25) is 5.02 Å². The maximum absolute atomic E-state index is 11.4. The molecular formula is C10H6ClNO3. The fourth-order valence-electron chi connectivity index (χ4n) is 1.42. The van der Waals surface area contributed by atoms with Crippen molar-refractivity contribution < 1.29 is 9.90 Å². The molecule has 1 aromatic heterocycles. The minimum Gasteiger partial charge on any atom is -0.478 e.